The SMILES string of the molecule is Cc1nc(-c2ccccc2)sc1C(=O)C1=C(O)C(=O)N(CCCOC(C)C)C1c1cccc(O)c1. The average Bonchev–Trinajstić information content (AvgIpc) is 3.34. The standard InChI is InChI=1S/C27H28N2O5S/c1-16(2)34-14-8-13-29-22(19-11-7-12-20(30)15-19)21(24(32)27(29)33)23(31)25-17(3)28-26(35-25)18-9-5-4-6-10-18/h4-7,9-12,15-16,22,30,32H,8,13-14H2,1-3H3. The number of ketones is 1. The number of hydrogen-bond donors (Lipinski definition) is 2. The molecule has 0 bridgehead atoms. The number of thiazole rings is 1. The Kier molecular flexibility index (Phi) is 7.33. The summed E-state index contributed by atoms with van der Waals surface area (Å²) >= 11 is 1.23. The zero-order valence-electron chi connectivity index (χ0n) is 19.9. The minimum absolute atomic E-state index is 0.00302. The first-order chi connectivity index (χ1) is 16.8. The zero-order chi connectivity index (χ0) is 25.1. The molecule has 1 amide bonds. The van der Waals surface area contributed by atoms with Gasteiger partial charge in [-0.2, -0.15) is 0 Å². The van der Waals surface area contributed by atoms with Gasteiger partial charge in [0.1, 0.15) is 10.8 Å². The van der Waals surface area contributed by atoms with Gasteiger partial charge >= 0.3 is 0 Å². The van der Waals surface area contributed by atoms with Gasteiger partial charge in [0, 0.05) is 18.7 Å². The minimum atomic E-state index is -0.831. The van der Waals surface area contributed by atoms with E-state index < -0.39 is 23.5 Å². The lowest BCUT2D eigenvalue weighted by molar-refractivity contribution is -0.129. The summed E-state index contributed by atoms with van der Waals surface area (Å²) in [4.78, 5) is 33.3. The Balaban J connectivity index is 1.71. The number of Topliss-reactive ketones (excluding diaryl/α,β-unsaturated/α-hetero) is 1. The second-order valence-electron chi connectivity index (χ2n) is 8.66. The topological polar surface area (TPSA) is 100.0 Å². The summed E-state index contributed by atoms with van der Waals surface area (Å²) in [6.45, 7) is 6.33. The van der Waals surface area contributed by atoms with Crippen molar-refractivity contribution in [2.75, 3.05) is 13.2 Å². The molecular formula is C27H28N2O5S. The number of aliphatic hydroxyl groups excluding tert-OH is 1. The molecule has 3 aromatic rings. The second-order valence-corrected chi connectivity index (χ2v) is 9.66. The van der Waals surface area contributed by atoms with E-state index in [4.69, 9.17) is 4.74 Å². The van der Waals surface area contributed by atoms with Crippen LogP contribution in [0, 0.1) is 6.92 Å². The Labute approximate surface area is 208 Å². The van der Waals surface area contributed by atoms with Gasteiger partial charge < -0.3 is 19.8 Å². The number of phenols is 1. The fourth-order valence-corrected chi connectivity index (χ4v) is 5.17. The van der Waals surface area contributed by atoms with Crippen LogP contribution in [0.25, 0.3) is 10.6 Å². The molecule has 0 aliphatic carbocycles. The molecule has 35 heavy (non-hydrogen) atoms. The highest BCUT2D eigenvalue weighted by Crippen LogP contribution is 2.41. The molecule has 1 aliphatic heterocycles. The van der Waals surface area contributed by atoms with E-state index >= 15 is 0 Å². The molecular weight excluding hydrogens is 464 g/mol. The summed E-state index contributed by atoms with van der Waals surface area (Å²) in [7, 11) is 0. The van der Waals surface area contributed by atoms with Crippen LogP contribution in [-0.2, 0) is 9.53 Å². The fraction of sp³-hybridized carbons (Fsp3) is 0.296. The molecule has 2 aromatic carbocycles. The van der Waals surface area contributed by atoms with Crippen LogP contribution in [0.5, 0.6) is 5.75 Å². The monoisotopic (exact) mass is 492 g/mol. The minimum Gasteiger partial charge on any atom is -0.508 e. The highest BCUT2D eigenvalue weighted by molar-refractivity contribution is 7.17. The lowest BCUT2D eigenvalue weighted by Gasteiger charge is -2.27. The third kappa shape index (κ3) is 5.13. The van der Waals surface area contributed by atoms with Crippen molar-refractivity contribution in [3.8, 4) is 16.3 Å². The number of ether oxygens (including phenoxy) is 1. The van der Waals surface area contributed by atoms with E-state index in [1.807, 2.05) is 44.2 Å². The van der Waals surface area contributed by atoms with Gasteiger partial charge in [0.05, 0.1) is 28.3 Å². The van der Waals surface area contributed by atoms with E-state index in [0.29, 0.717) is 34.2 Å². The lowest BCUT2D eigenvalue weighted by atomic mass is 9.95. The highest BCUT2D eigenvalue weighted by atomic mass is 32.1. The van der Waals surface area contributed by atoms with Crippen LogP contribution in [0.1, 0.15) is 47.2 Å². The van der Waals surface area contributed by atoms with Crippen molar-refractivity contribution < 1.29 is 24.5 Å². The first kappa shape index (κ1) is 24.6. The third-order valence-electron chi connectivity index (χ3n) is 5.75. The second kappa shape index (κ2) is 10.4. The number of aryl methyl sites for hydroxylation is 1. The van der Waals surface area contributed by atoms with E-state index in [-0.39, 0.29) is 24.0 Å². The molecule has 4 rings (SSSR count). The quantitative estimate of drug-likeness (QED) is 0.314. The van der Waals surface area contributed by atoms with E-state index in [1.54, 1.807) is 19.1 Å². The smallest absolute Gasteiger partial charge is 0.290 e. The largest absolute Gasteiger partial charge is 0.508 e. The van der Waals surface area contributed by atoms with Crippen LogP contribution in [0.4, 0.5) is 0 Å². The number of carbonyl (C=O) groups is 2. The number of aromatic hydroxyl groups is 1. The van der Waals surface area contributed by atoms with Gasteiger partial charge in [-0.3, -0.25) is 9.59 Å². The molecule has 2 heterocycles. The summed E-state index contributed by atoms with van der Waals surface area (Å²) < 4.78 is 5.60. The molecule has 1 unspecified atom stereocenters. The maximum atomic E-state index is 13.8. The molecule has 0 saturated carbocycles. The number of amides is 1. The first-order valence-electron chi connectivity index (χ1n) is 11.5. The van der Waals surface area contributed by atoms with Crippen LogP contribution in [-0.4, -0.2) is 51.0 Å². The van der Waals surface area contributed by atoms with Gasteiger partial charge in [-0.05, 0) is 44.9 Å². The van der Waals surface area contributed by atoms with Crippen LogP contribution < -0.4 is 0 Å². The number of rotatable bonds is 9. The first-order valence-corrected chi connectivity index (χ1v) is 12.3. The molecule has 8 heteroatoms. The fourth-order valence-electron chi connectivity index (χ4n) is 4.15. The molecule has 1 atom stereocenters. The van der Waals surface area contributed by atoms with Crippen molar-refractivity contribution >= 4 is 23.0 Å². The van der Waals surface area contributed by atoms with Gasteiger partial charge in [0.15, 0.2) is 5.76 Å². The Hall–Kier alpha value is -3.49. The normalized spacial score (nSPS) is 15.9. The summed E-state index contributed by atoms with van der Waals surface area (Å²) in [6.07, 6.45) is 0.592. The maximum absolute atomic E-state index is 13.8. The van der Waals surface area contributed by atoms with Crippen LogP contribution in [0.3, 0.4) is 0 Å². The summed E-state index contributed by atoms with van der Waals surface area (Å²) in [6, 6.07) is 15.1. The van der Waals surface area contributed by atoms with Gasteiger partial charge in [-0.15, -0.1) is 11.3 Å². The molecule has 1 aliphatic rings. The van der Waals surface area contributed by atoms with Crippen molar-refractivity contribution in [1.29, 1.82) is 0 Å². The van der Waals surface area contributed by atoms with Crippen LogP contribution in [0.15, 0.2) is 65.9 Å². The van der Waals surface area contributed by atoms with E-state index in [0.717, 1.165) is 5.56 Å². The predicted octanol–water partition coefficient (Wildman–Crippen LogP) is 5.22. The predicted molar refractivity (Wildman–Crippen MR) is 135 cm³/mol. The molecule has 0 fully saturated rings. The number of nitrogens with zero attached hydrogens (tertiary/aromatic N) is 2. The lowest BCUT2D eigenvalue weighted by Crippen LogP contribution is -2.32. The van der Waals surface area contributed by atoms with E-state index in [2.05, 4.69) is 4.98 Å². The van der Waals surface area contributed by atoms with Crippen molar-refractivity contribution in [2.45, 2.75) is 39.3 Å². The number of aromatic nitrogens is 1. The molecule has 182 valence electrons. The Morgan fingerprint density at radius 2 is 1.89 bits per heavy atom. The summed E-state index contributed by atoms with van der Waals surface area (Å²) in [5.41, 5.74) is 1.96. The Morgan fingerprint density at radius 1 is 1.14 bits per heavy atom. The summed E-state index contributed by atoms with van der Waals surface area (Å²) in [5.74, 6) is -1.61. The number of hydrogen-bond acceptors (Lipinski definition) is 7. The van der Waals surface area contributed by atoms with Crippen molar-refractivity contribution in [3.05, 3.63) is 82.1 Å². The van der Waals surface area contributed by atoms with Gasteiger partial charge in [-0.25, -0.2) is 4.98 Å². The molecule has 0 radical (unpaired) electrons. The van der Waals surface area contributed by atoms with Crippen LogP contribution >= 0.6 is 11.3 Å². The number of aliphatic hydroxyl groups is 1. The number of benzene rings is 2. The number of carbonyl (C=O) groups excluding carboxylic acids is 2. The molecule has 0 saturated heterocycles. The molecule has 7 nitrogen and oxygen atoms in total. The number of phenolic OH excluding ortho intramolecular Hbond substituents is 1. The van der Waals surface area contributed by atoms with Crippen LogP contribution in [0.2, 0.25) is 0 Å². The van der Waals surface area contributed by atoms with Gasteiger partial charge in [0.25, 0.3) is 5.91 Å². The van der Waals surface area contributed by atoms with Crippen molar-refractivity contribution in [3.63, 3.8) is 0 Å². The van der Waals surface area contributed by atoms with Gasteiger partial charge in [-0.1, -0.05) is 42.5 Å². The zero-order valence-corrected chi connectivity index (χ0v) is 20.7. The average molecular weight is 493 g/mol. The summed E-state index contributed by atoms with van der Waals surface area (Å²) in [5, 5.41) is 21.7. The van der Waals surface area contributed by atoms with E-state index in [1.165, 1.54) is 28.4 Å². The van der Waals surface area contributed by atoms with Gasteiger partial charge in [0.2, 0.25) is 5.78 Å². The van der Waals surface area contributed by atoms with E-state index in [9.17, 15) is 19.8 Å². The third-order valence-corrected chi connectivity index (χ3v) is 6.96. The molecule has 0 spiro atoms. The highest BCUT2D eigenvalue weighted by Gasteiger charge is 2.44. The van der Waals surface area contributed by atoms with Crippen molar-refractivity contribution in [1.82, 2.24) is 9.88 Å². The maximum Gasteiger partial charge on any atom is 0.290 e. The molecule has 2 N–H and O–H groups in total. The van der Waals surface area contributed by atoms with Crippen molar-refractivity contribution in [2.24, 2.45) is 0 Å². The molecule has 1 aromatic heterocycles. The Bertz CT molecular complexity index is 1270. The Morgan fingerprint density at radius 3 is 2.57 bits per heavy atom.